The Morgan fingerprint density at radius 1 is 1.28 bits per heavy atom. The number of ketones is 1. The van der Waals surface area contributed by atoms with Crippen molar-refractivity contribution in [3.8, 4) is 0 Å². The molecule has 5 heteroatoms. The quantitative estimate of drug-likeness (QED) is 0.794. The Labute approximate surface area is 105 Å². The number of rotatable bonds is 6. The molecule has 18 heavy (non-hydrogen) atoms. The molecular weight excluding hydrogens is 240 g/mol. The molecule has 0 aliphatic carbocycles. The third-order valence-corrected chi connectivity index (χ3v) is 2.49. The second-order valence-corrected chi connectivity index (χ2v) is 4.27. The first-order chi connectivity index (χ1) is 8.43. The molecule has 0 saturated heterocycles. The molecule has 1 aromatic rings. The van der Waals surface area contributed by atoms with Gasteiger partial charge in [-0.25, -0.2) is 8.78 Å². The first kappa shape index (κ1) is 14.7. The topological polar surface area (TPSA) is 38.3 Å². The van der Waals surface area contributed by atoms with E-state index in [1.54, 1.807) is 14.0 Å². The van der Waals surface area contributed by atoms with Gasteiger partial charge < -0.3 is 10.1 Å². The van der Waals surface area contributed by atoms with Crippen molar-refractivity contribution in [1.82, 2.24) is 5.32 Å². The van der Waals surface area contributed by atoms with Gasteiger partial charge in [-0.3, -0.25) is 4.79 Å². The van der Waals surface area contributed by atoms with Crippen LogP contribution in [0.15, 0.2) is 18.2 Å². The highest BCUT2D eigenvalue weighted by Gasteiger charge is 2.18. The van der Waals surface area contributed by atoms with Gasteiger partial charge >= 0.3 is 0 Å². The predicted octanol–water partition coefficient (Wildman–Crippen LogP) is 2.16. The minimum atomic E-state index is -0.754. The molecule has 100 valence electrons. The molecule has 3 nitrogen and oxygen atoms in total. The van der Waals surface area contributed by atoms with Gasteiger partial charge in [0.15, 0.2) is 5.78 Å². The smallest absolute Gasteiger partial charge is 0.179 e. The summed E-state index contributed by atoms with van der Waals surface area (Å²) in [7, 11) is 1.56. The van der Waals surface area contributed by atoms with Gasteiger partial charge in [0, 0.05) is 24.8 Å². The zero-order valence-corrected chi connectivity index (χ0v) is 10.7. The summed E-state index contributed by atoms with van der Waals surface area (Å²) in [5, 5.41) is 3.00. The molecule has 2 atom stereocenters. The first-order valence-corrected chi connectivity index (χ1v) is 5.69. The van der Waals surface area contributed by atoms with Crippen molar-refractivity contribution < 1.29 is 18.3 Å². The second-order valence-electron chi connectivity index (χ2n) is 4.27. The Kier molecular flexibility index (Phi) is 5.37. The van der Waals surface area contributed by atoms with Crippen LogP contribution in [0.4, 0.5) is 8.78 Å². The van der Waals surface area contributed by atoms with E-state index in [1.165, 1.54) is 0 Å². The Balaban J connectivity index is 2.74. The lowest BCUT2D eigenvalue weighted by Gasteiger charge is -2.18. The molecule has 0 saturated carbocycles. The van der Waals surface area contributed by atoms with E-state index in [4.69, 9.17) is 4.74 Å². The Morgan fingerprint density at radius 3 is 2.33 bits per heavy atom. The highest BCUT2D eigenvalue weighted by molar-refractivity contribution is 5.99. The van der Waals surface area contributed by atoms with Gasteiger partial charge in [-0.15, -0.1) is 0 Å². The van der Waals surface area contributed by atoms with Crippen LogP contribution in [-0.2, 0) is 4.74 Å². The van der Waals surface area contributed by atoms with Crippen molar-refractivity contribution in [2.75, 3.05) is 13.7 Å². The number of methoxy groups -OCH3 is 1. The molecule has 0 aliphatic rings. The molecule has 0 aromatic heterocycles. The molecule has 0 radical (unpaired) electrons. The number of nitrogens with one attached hydrogen (secondary N) is 1. The molecule has 0 aliphatic heterocycles. The average Bonchev–Trinajstić information content (AvgIpc) is 2.26. The van der Waals surface area contributed by atoms with Gasteiger partial charge in [0.1, 0.15) is 11.6 Å². The fourth-order valence-corrected chi connectivity index (χ4v) is 1.75. The molecular formula is C13H17F2NO2. The number of carbonyl (C=O) groups is 1. The summed E-state index contributed by atoms with van der Waals surface area (Å²) in [5.41, 5.74) is 0.0251. The standard InChI is InChI=1S/C13H17F2NO2/c1-8(7-18-3)16-9(2)13(17)10-4-11(14)6-12(15)5-10/h4-6,8-9,16H,7H2,1-3H3. The third kappa shape index (κ3) is 4.16. The van der Waals surface area contributed by atoms with Crippen LogP contribution < -0.4 is 5.32 Å². The second kappa shape index (κ2) is 6.56. The van der Waals surface area contributed by atoms with Gasteiger partial charge in [0.25, 0.3) is 0 Å². The summed E-state index contributed by atoms with van der Waals surface area (Å²) in [6.45, 7) is 3.96. The minimum absolute atomic E-state index is 0.0210. The lowest BCUT2D eigenvalue weighted by Crippen LogP contribution is -2.42. The highest BCUT2D eigenvalue weighted by atomic mass is 19.1. The van der Waals surface area contributed by atoms with E-state index in [0.29, 0.717) is 6.61 Å². The molecule has 0 spiro atoms. The Morgan fingerprint density at radius 2 is 1.83 bits per heavy atom. The van der Waals surface area contributed by atoms with Crippen molar-refractivity contribution in [1.29, 1.82) is 0 Å². The third-order valence-electron chi connectivity index (χ3n) is 2.49. The summed E-state index contributed by atoms with van der Waals surface area (Å²) in [4.78, 5) is 12.0. The van der Waals surface area contributed by atoms with E-state index in [-0.39, 0.29) is 17.4 Å². The van der Waals surface area contributed by atoms with E-state index >= 15 is 0 Å². The van der Waals surface area contributed by atoms with Gasteiger partial charge in [-0.05, 0) is 26.0 Å². The van der Waals surface area contributed by atoms with E-state index in [0.717, 1.165) is 18.2 Å². The molecule has 2 unspecified atom stereocenters. The van der Waals surface area contributed by atoms with Crippen LogP contribution in [0.25, 0.3) is 0 Å². The fourth-order valence-electron chi connectivity index (χ4n) is 1.75. The SMILES string of the molecule is COCC(C)NC(C)C(=O)c1cc(F)cc(F)c1. The predicted molar refractivity (Wildman–Crippen MR) is 64.6 cm³/mol. The van der Waals surface area contributed by atoms with Crippen molar-refractivity contribution >= 4 is 5.78 Å². The number of carbonyl (C=O) groups excluding carboxylic acids is 1. The molecule has 1 rings (SSSR count). The molecule has 0 amide bonds. The Bertz CT molecular complexity index is 403. The summed E-state index contributed by atoms with van der Waals surface area (Å²) in [6.07, 6.45) is 0. The summed E-state index contributed by atoms with van der Waals surface area (Å²) in [5.74, 6) is -1.86. The summed E-state index contributed by atoms with van der Waals surface area (Å²) >= 11 is 0. The van der Waals surface area contributed by atoms with Gasteiger partial charge in [-0.1, -0.05) is 0 Å². The zero-order chi connectivity index (χ0) is 13.7. The number of halogens is 2. The molecule has 1 N–H and O–H groups in total. The molecule has 0 fully saturated rings. The van der Waals surface area contributed by atoms with Crippen LogP contribution in [0, 0.1) is 11.6 Å². The zero-order valence-electron chi connectivity index (χ0n) is 10.7. The molecule has 0 heterocycles. The van der Waals surface area contributed by atoms with Gasteiger partial charge in [-0.2, -0.15) is 0 Å². The van der Waals surface area contributed by atoms with Crippen LogP contribution in [0.5, 0.6) is 0 Å². The number of benzene rings is 1. The van der Waals surface area contributed by atoms with Crippen molar-refractivity contribution in [3.05, 3.63) is 35.4 Å². The summed E-state index contributed by atoms with van der Waals surface area (Å²) in [6, 6.07) is 2.25. The van der Waals surface area contributed by atoms with Gasteiger partial charge in [0.05, 0.1) is 12.6 Å². The van der Waals surface area contributed by atoms with Gasteiger partial charge in [0.2, 0.25) is 0 Å². The van der Waals surface area contributed by atoms with E-state index in [1.807, 2.05) is 6.92 Å². The van der Waals surface area contributed by atoms with Crippen LogP contribution in [0.2, 0.25) is 0 Å². The lowest BCUT2D eigenvalue weighted by molar-refractivity contribution is 0.0929. The van der Waals surface area contributed by atoms with Crippen molar-refractivity contribution in [2.45, 2.75) is 25.9 Å². The fraction of sp³-hybridized carbons (Fsp3) is 0.462. The first-order valence-electron chi connectivity index (χ1n) is 5.69. The largest absolute Gasteiger partial charge is 0.383 e. The van der Waals surface area contributed by atoms with Crippen molar-refractivity contribution in [3.63, 3.8) is 0 Å². The summed E-state index contributed by atoms with van der Waals surface area (Å²) < 4.78 is 30.9. The van der Waals surface area contributed by atoms with Crippen molar-refractivity contribution in [2.24, 2.45) is 0 Å². The maximum atomic E-state index is 13.0. The number of ether oxygens (including phenoxy) is 1. The van der Waals surface area contributed by atoms with E-state index in [9.17, 15) is 13.6 Å². The number of Topliss-reactive ketones (excluding diaryl/α,β-unsaturated/α-hetero) is 1. The van der Waals surface area contributed by atoms with E-state index in [2.05, 4.69) is 5.32 Å². The normalized spacial score (nSPS) is 14.3. The maximum absolute atomic E-state index is 13.0. The highest BCUT2D eigenvalue weighted by Crippen LogP contribution is 2.10. The van der Waals surface area contributed by atoms with Crippen LogP contribution in [-0.4, -0.2) is 31.6 Å². The minimum Gasteiger partial charge on any atom is -0.383 e. The molecule has 0 bridgehead atoms. The average molecular weight is 257 g/mol. The maximum Gasteiger partial charge on any atom is 0.179 e. The number of hydrogen-bond donors (Lipinski definition) is 1. The van der Waals surface area contributed by atoms with E-state index < -0.39 is 17.7 Å². The lowest BCUT2D eigenvalue weighted by atomic mass is 10.0. The van der Waals surface area contributed by atoms with Crippen LogP contribution >= 0.6 is 0 Å². The molecule has 1 aromatic carbocycles. The van der Waals surface area contributed by atoms with Crippen LogP contribution in [0.1, 0.15) is 24.2 Å². The monoisotopic (exact) mass is 257 g/mol. The van der Waals surface area contributed by atoms with Crippen LogP contribution in [0.3, 0.4) is 0 Å². The Hall–Kier alpha value is -1.33. The number of hydrogen-bond acceptors (Lipinski definition) is 3.